The van der Waals surface area contributed by atoms with Crippen LogP contribution >= 0.6 is 23.1 Å². The molecule has 1 aliphatic rings. The molecular weight excluding hydrogens is 218 g/mol. The van der Waals surface area contributed by atoms with Crippen molar-refractivity contribution in [2.24, 2.45) is 0 Å². The fraction of sp³-hybridized carbons (Fsp3) is 0.778. The smallest absolute Gasteiger partial charge is 0.203 e. The molecule has 0 unspecified atom stereocenters. The van der Waals surface area contributed by atoms with Crippen LogP contribution in [-0.2, 0) is 6.54 Å². The van der Waals surface area contributed by atoms with Crippen molar-refractivity contribution in [1.82, 2.24) is 14.3 Å². The highest BCUT2D eigenvalue weighted by Gasteiger charge is 2.11. The van der Waals surface area contributed by atoms with E-state index >= 15 is 0 Å². The normalized spacial score (nSPS) is 19.5. The fourth-order valence-electron chi connectivity index (χ4n) is 1.79. The Morgan fingerprint density at radius 2 is 1.93 bits per heavy atom. The number of rotatable bonds is 2. The maximum Gasteiger partial charge on any atom is 0.203 e. The van der Waals surface area contributed by atoms with E-state index in [2.05, 4.69) is 14.3 Å². The lowest BCUT2D eigenvalue weighted by molar-refractivity contribution is 0.271. The molecule has 1 saturated heterocycles. The van der Waals surface area contributed by atoms with Crippen LogP contribution in [0.2, 0.25) is 4.47 Å². The van der Waals surface area contributed by atoms with Gasteiger partial charge in [0.25, 0.3) is 0 Å². The van der Waals surface area contributed by atoms with Gasteiger partial charge in [0.15, 0.2) is 5.82 Å². The summed E-state index contributed by atoms with van der Waals surface area (Å²) >= 11 is 7.01. The SMILES string of the molecule is Clc1nc(CN2CCCCCC2)ns1. The van der Waals surface area contributed by atoms with Crippen LogP contribution in [0.1, 0.15) is 31.5 Å². The zero-order chi connectivity index (χ0) is 9.80. The number of hydrogen-bond acceptors (Lipinski definition) is 4. The highest BCUT2D eigenvalue weighted by molar-refractivity contribution is 7.10. The Morgan fingerprint density at radius 3 is 2.50 bits per heavy atom. The van der Waals surface area contributed by atoms with Crippen molar-refractivity contribution in [1.29, 1.82) is 0 Å². The van der Waals surface area contributed by atoms with Gasteiger partial charge in [-0.1, -0.05) is 12.8 Å². The van der Waals surface area contributed by atoms with Crippen LogP contribution in [0.4, 0.5) is 0 Å². The van der Waals surface area contributed by atoms with E-state index in [9.17, 15) is 0 Å². The second kappa shape index (κ2) is 5.05. The quantitative estimate of drug-likeness (QED) is 0.784. The standard InChI is InChI=1S/C9H14ClN3S/c10-9-11-8(12-14-9)7-13-5-3-1-2-4-6-13/h1-7H2. The van der Waals surface area contributed by atoms with Gasteiger partial charge < -0.3 is 0 Å². The van der Waals surface area contributed by atoms with Crippen molar-refractivity contribution in [3.63, 3.8) is 0 Å². The van der Waals surface area contributed by atoms with E-state index < -0.39 is 0 Å². The highest BCUT2D eigenvalue weighted by Crippen LogP contribution is 2.15. The number of likely N-dealkylation sites (tertiary alicyclic amines) is 1. The molecule has 0 N–H and O–H groups in total. The minimum Gasteiger partial charge on any atom is -0.296 e. The maximum absolute atomic E-state index is 5.74. The molecule has 0 spiro atoms. The summed E-state index contributed by atoms with van der Waals surface area (Å²) in [6.07, 6.45) is 5.33. The Labute approximate surface area is 93.3 Å². The molecule has 3 nitrogen and oxygen atoms in total. The topological polar surface area (TPSA) is 29.0 Å². The first kappa shape index (κ1) is 10.3. The molecule has 0 aliphatic carbocycles. The molecular formula is C9H14ClN3S. The molecule has 2 rings (SSSR count). The van der Waals surface area contributed by atoms with E-state index in [4.69, 9.17) is 11.6 Å². The molecule has 0 amide bonds. The fourth-order valence-corrected chi connectivity index (χ4v) is 2.42. The Bertz CT molecular complexity index is 281. The summed E-state index contributed by atoms with van der Waals surface area (Å²) in [5.41, 5.74) is 0. The zero-order valence-electron chi connectivity index (χ0n) is 8.08. The van der Waals surface area contributed by atoms with Gasteiger partial charge in [0, 0.05) is 0 Å². The van der Waals surface area contributed by atoms with Gasteiger partial charge in [0.05, 0.1) is 6.54 Å². The maximum atomic E-state index is 5.74. The van der Waals surface area contributed by atoms with E-state index in [1.807, 2.05) is 0 Å². The minimum atomic E-state index is 0.551. The Balaban J connectivity index is 1.89. The molecule has 0 bridgehead atoms. The molecule has 1 aromatic rings. The summed E-state index contributed by atoms with van der Waals surface area (Å²) in [4.78, 5) is 6.59. The molecule has 1 aliphatic heterocycles. The Morgan fingerprint density at radius 1 is 1.21 bits per heavy atom. The number of aromatic nitrogens is 2. The molecule has 1 aromatic heterocycles. The van der Waals surface area contributed by atoms with Crippen molar-refractivity contribution >= 4 is 23.1 Å². The van der Waals surface area contributed by atoms with E-state index in [0.717, 1.165) is 12.4 Å². The van der Waals surface area contributed by atoms with Crippen LogP contribution in [-0.4, -0.2) is 27.3 Å². The molecule has 0 aromatic carbocycles. The van der Waals surface area contributed by atoms with Gasteiger partial charge in [-0.05, 0) is 49.1 Å². The second-order valence-corrected chi connectivity index (χ2v) is 4.99. The van der Waals surface area contributed by atoms with E-state index in [0.29, 0.717) is 4.47 Å². The van der Waals surface area contributed by atoms with Crippen molar-refractivity contribution in [2.45, 2.75) is 32.2 Å². The monoisotopic (exact) mass is 231 g/mol. The lowest BCUT2D eigenvalue weighted by atomic mass is 10.2. The van der Waals surface area contributed by atoms with Gasteiger partial charge in [-0.15, -0.1) is 0 Å². The van der Waals surface area contributed by atoms with Crippen LogP contribution in [0.3, 0.4) is 0 Å². The summed E-state index contributed by atoms with van der Waals surface area (Å²) in [6.45, 7) is 3.22. The molecule has 1 fully saturated rings. The average Bonchev–Trinajstić information content (AvgIpc) is 2.43. The predicted octanol–water partition coefficient (Wildman–Crippen LogP) is 2.57. The first-order valence-electron chi connectivity index (χ1n) is 5.05. The van der Waals surface area contributed by atoms with E-state index in [1.54, 1.807) is 0 Å². The summed E-state index contributed by atoms with van der Waals surface area (Å²) in [5, 5.41) is 0. The third-order valence-electron chi connectivity index (χ3n) is 2.51. The third-order valence-corrected chi connectivity index (χ3v) is 3.34. The van der Waals surface area contributed by atoms with Gasteiger partial charge in [-0.25, -0.2) is 4.98 Å². The second-order valence-electron chi connectivity index (χ2n) is 3.65. The Hall–Kier alpha value is -0.190. The minimum absolute atomic E-state index is 0.551. The molecule has 0 atom stereocenters. The van der Waals surface area contributed by atoms with Crippen LogP contribution in [0.15, 0.2) is 0 Å². The molecule has 5 heteroatoms. The number of hydrogen-bond donors (Lipinski definition) is 0. The molecule has 0 radical (unpaired) electrons. The molecule has 2 heterocycles. The van der Waals surface area contributed by atoms with E-state index in [-0.39, 0.29) is 0 Å². The lowest BCUT2D eigenvalue weighted by Crippen LogP contribution is -2.24. The van der Waals surface area contributed by atoms with Gasteiger partial charge in [-0.2, -0.15) is 4.37 Å². The lowest BCUT2D eigenvalue weighted by Gasteiger charge is -2.17. The van der Waals surface area contributed by atoms with E-state index in [1.165, 1.54) is 50.3 Å². The molecule has 78 valence electrons. The van der Waals surface area contributed by atoms with Crippen LogP contribution < -0.4 is 0 Å². The largest absolute Gasteiger partial charge is 0.296 e. The molecule has 0 saturated carbocycles. The van der Waals surface area contributed by atoms with Gasteiger partial charge >= 0.3 is 0 Å². The van der Waals surface area contributed by atoms with Crippen LogP contribution in [0.25, 0.3) is 0 Å². The average molecular weight is 232 g/mol. The summed E-state index contributed by atoms with van der Waals surface area (Å²) in [6, 6.07) is 0. The van der Waals surface area contributed by atoms with Crippen molar-refractivity contribution in [3.05, 3.63) is 10.3 Å². The zero-order valence-corrected chi connectivity index (χ0v) is 9.65. The van der Waals surface area contributed by atoms with Crippen molar-refractivity contribution < 1.29 is 0 Å². The van der Waals surface area contributed by atoms with Gasteiger partial charge in [0.2, 0.25) is 4.47 Å². The van der Waals surface area contributed by atoms with Crippen molar-refractivity contribution in [2.75, 3.05) is 13.1 Å². The number of halogens is 1. The summed E-state index contributed by atoms with van der Waals surface area (Å²) < 4.78 is 4.75. The first-order chi connectivity index (χ1) is 6.84. The third kappa shape index (κ3) is 2.90. The van der Waals surface area contributed by atoms with Crippen molar-refractivity contribution in [3.8, 4) is 0 Å². The Kier molecular flexibility index (Phi) is 3.73. The van der Waals surface area contributed by atoms with Crippen LogP contribution in [0, 0.1) is 0 Å². The van der Waals surface area contributed by atoms with Gasteiger partial charge in [0.1, 0.15) is 0 Å². The summed E-state index contributed by atoms with van der Waals surface area (Å²) in [7, 11) is 0. The summed E-state index contributed by atoms with van der Waals surface area (Å²) in [5.74, 6) is 0.877. The predicted molar refractivity (Wildman–Crippen MR) is 58.7 cm³/mol. The highest BCUT2D eigenvalue weighted by atomic mass is 35.5. The first-order valence-corrected chi connectivity index (χ1v) is 6.20. The molecule has 14 heavy (non-hydrogen) atoms. The number of nitrogens with zero attached hydrogens (tertiary/aromatic N) is 3. The van der Waals surface area contributed by atoms with Gasteiger partial charge in [-0.3, -0.25) is 4.90 Å². The van der Waals surface area contributed by atoms with Crippen LogP contribution in [0.5, 0.6) is 0 Å².